The monoisotopic (exact) mass is 557 g/mol. The summed E-state index contributed by atoms with van der Waals surface area (Å²) in [5.41, 5.74) is -1.60. The molecule has 1 saturated heterocycles. The van der Waals surface area contributed by atoms with Crippen LogP contribution in [0, 0.1) is 11.7 Å². The molecule has 2 aromatic rings. The Morgan fingerprint density at radius 1 is 1.03 bits per heavy atom. The van der Waals surface area contributed by atoms with Gasteiger partial charge in [-0.25, -0.2) is 12.8 Å². The fourth-order valence-electron chi connectivity index (χ4n) is 4.28. The van der Waals surface area contributed by atoms with Crippen LogP contribution in [0.2, 0.25) is 0 Å². The number of carbonyl (C=O) groups excluding carboxylic acids is 2. The summed E-state index contributed by atoms with van der Waals surface area (Å²) in [7, 11) is -3.31. The fraction of sp³-hybridized carbons (Fsp3) is 0.462. The number of nitrogens with zero attached hydrogens (tertiary/aromatic N) is 1. The molecule has 208 valence electrons. The fourth-order valence-corrected chi connectivity index (χ4v) is 4.91. The average molecular weight is 558 g/mol. The Bertz CT molecular complexity index is 1290. The quantitative estimate of drug-likeness (QED) is 0.489. The number of amides is 2. The Kier molecular flexibility index (Phi) is 8.45. The van der Waals surface area contributed by atoms with Crippen molar-refractivity contribution >= 4 is 27.3 Å². The van der Waals surface area contributed by atoms with Crippen molar-refractivity contribution < 1.29 is 35.6 Å². The number of likely N-dealkylation sites (tertiary alicyclic amines) is 1. The molecule has 2 N–H and O–H groups in total. The van der Waals surface area contributed by atoms with E-state index >= 15 is 0 Å². The number of piperidine rings is 1. The molecule has 1 aliphatic rings. The van der Waals surface area contributed by atoms with Crippen LogP contribution in [0.3, 0.4) is 0 Å². The summed E-state index contributed by atoms with van der Waals surface area (Å²) in [6, 6.07) is 6.90. The Balaban J connectivity index is 1.67. The first-order valence-corrected chi connectivity index (χ1v) is 13.9. The molecule has 2 aromatic carbocycles. The van der Waals surface area contributed by atoms with E-state index in [0.717, 1.165) is 11.9 Å². The van der Waals surface area contributed by atoms with E-state index < -0.39 is 56.7 Å². The number of sulfone groups is 1. The van der Waals surface area contributed by atoms with Crippen LogP contribution in [0.25, 0.3) is 0 Å². The van der Waals surface area contributed by atoms with Gasteiger partial charge >= 0.3 is 6.18 Å². The molecule has 0 unspecified atom stereocenters. The third kappa shape index (κ3) is 7.03. The lowest BCUT2D eigenvalue weighted by molar-refractivity contribution is -0.138. The van der Waals surface area contributed by atoms with Crippen LogP contribution >= 0.6 is 0 Å². The summed E-state index contributed by atoms with van der Waals surface area (Å²) in [4.78, 5) is 27.8. The van der Waals surface area contributed by atoms with Crippen LogP contribution in [0.1, 0.15) is 49.5 Å². The topological polar surface area (TPSA) is 95.6 Å². The first kappa shape index (κ1) is 29.4. The van der Waals surface area contributed by atoms with E-state index in [9.17, 15) is 35.6 Å². The number of nitrogens with one attached hydrogen (secondary N) is 2. The zero-order valence-corrected chi connectivity index (χ0v) is 22.3. The van der Waals surface area contributed by atoms with Crippen LogP contribution in [0.5, 0.6) is 0 Å². The normalized spacial score (nSPS) is 16.7. The maximum atomic E-state index is 14.2. The molecule has 1 fully saturated rings. The SMILES string of the molecule is CC(C)[C@@H](NC(=O)c1cc(C(F)(F)F)ccc1F)C(=O)N1CCC(C)(Nc2ccc(S(C)(=O)=O)cc2)CC1. The van der Waals surface area contributed by atoms with Crippen molar-refractivity contribution in [3.63, 3.8) is 0 Å². The molecule has 0 saturated carbocycles. The summed E-state index contributed by atoms with van der Waals surface area (Å²) >= 11 is 0. The number of benzene rings is 2. The summed E-state index contributed by atoms with van der Waals surface area (Å²) in [5.74, 6) is -3.02. The van der Waals surface area contributed by atoms with Gasteiger partial charge in [-0.05, 0) is 68.1 Å². The number of hydrogen-bond acceptors (Lipinski definition) is 5. The molecular weight excluding hydrogens is 526 g/mol. The van der Waals surface area contributed by atoms with Gasteiger partial charge in [0.05, 0.1) is 16.0 Å². The maximum Gasteiger partial charge on any atom is 0.416 e. The summed E-state index contributed by atoms with van der Waals surface area (Å²) in [5, 5.41) is 5.81. The summed E-state index contributed by atoms with van der Waals surface area (Å²) < 4.78 is 76.7. The zero-order valence-electron chi connectivity index (χ0n) is 21.5. The molecule has 1 atom stereocenters. The molecular formula is C26H31F4N3O4S. The molecule has 38 heavy (non-hydrogen) atoms. The second-order valence-corrected chi connectivity index (χ2v) is 12.2. The second kappa shape index (κ2) is 10.9. The summed E-state index contributed by atoms with van der Waals surface area (Å²) in [6.45, 7) is 6.04. The third-order valence-electron chi connectivity index (χ3n) is 6.66. The van der Waals surface area contributed by atoms with Crippen LogP contribution < -0.4 is 10.6 Å². The van der Waals surface area contributed by atoms with Crippen LogP contribution in [0.4, 0.5) is 23.2 Å². The number of carbonyl (C=O) groups is 2. The van der Waals surface area contributed by atoms with Crippen LogP contribution in [0.15, 0.2) is 47.4 Å². The van der Waals surface area contributed by atoms with E-state index in [2.05, 4.69) is 10.6 Å². The lowest BCUT2D eigenvalue weighted by Gasteiger charge is -2.42. The molecule has 3 rings (SSSR count). The van der Waals surface area contributed by atoms with Gasteiger partial charge in [0.25, 0.3) is 5.91 Å². The van der Waals surface area contributed by atoms with Gasteiger partial charge in [0.1, 0.15) is 11.9 Å². The first-order valence-electron chi connectivity index (χ1n) is 12.0. The first-order chi connectivity index (χ1) is 17.5. The number of halogens is 4. The highest BCUT2D eigenvalue weighted by Crippen LogP contribution is 2.31. The van der Waals surface area contributed by atoms with Gasteiger partial charge in [-0.1, -0.05) is 13.8 Å². The summed E-state index contributed by atoms with van der Waals surface area (Å²) in [6.07, 6.45) is -2.52. The molecule has 0 aliphatic carbocycles. The van der Waals surface area contributed by atoms with E-state index in [1.807, 2.05) is 6.92 Å². The van der Waals surface area contributed by atoms with Crippen LogP contribution in [-0.2, 0) is 20.8 Å². The Hall–Kier alpha value is -3.15. The largest absolute Gasteiger partial charge is 0.416 e. The van der Waals surface area contributed by atoms with Crippen LogP contribution in [-0.4, -0.2) is 56.1 Å². The lowest BCUT2D eigenvalue weighted by atomic mass is 9.88. The Morgan fingerprint density at radius 3 is 2.11 bits per heavy atom. The Morgan fingerprint density at radius 2 is 1.61 bits per heavy atom. The lowest BCUT2D eigenvalue weighted by Crippen LogP contribution is -2.56. The predicted octanol–water partition coefficient (Wildman–Crippen LogP) is 4.50. The zero-order chi connectivity index (χ0) is 28.5. The molecule has 2 amide bonds. The minimum absolute atomic E-state index is 0.209. The van der Waals surface area contributed by atoms with Gasteiger partial charge in [0, 0.05) is 30.6 Å². The smallest absolute Gasteiger partial charge is 0.380 e. The predicted molar refractivity (Wildman–Crippen MR) is 135 cm³/mol. The van der Waals surface area contributed by atoms with Gasteiger partial charge in [-0.15, -0.1) is 0 Å². The number of anilines is 1. The second-order valence-electron chi connectivity index (χ2n) is 10.2. The van der Waals surface area contributed by atoms with Crippen molar-refractivity contribution in [2.75, 3.05) is 24.7 Å². The van der Waals surface area contributed by atoms with Gasteiger partial charge in [-0.2, -0.15) is 13.2 Å². The van der Waals surface area contributed by atoms with Crippen molar-refractivity contribution in [2.45, 2.75) is 56.3 Å². The van der Waals surface area contributed by atoms with E-state index in [0.29, 0.717) is 44.1 Å². The van der Waals surface area contributed by atoms with E-state index in [4.69, 9.17) is 0 Å². The number of alkyl halides is 3. The van der Waals surface area contributed by atoms with E-state index in [1.165, 1.54) is 12.1 Å². The van der Waals surface area contributed by atoms with Gasteiger partial charge in [0.15, 0.2) is 9.84 Å². The van der Waals surface area contributed by atoms with E-state index in [-0.39, 0.29) is 10.4 Å². The molecule has 1 aliphatic heterocycles. The Labute approximate surface area is 219 Å². The number of hydrogen-bond donors (Lipinski definition) is 2. The molecule has 0 radical (unpaired) electrons. The van der Waals surface area contributed by atoms with Gasteiger partial charge in [0.2, 0.25) is 5.91 Å². The minimum Gasteiger partial charge on any atom is -0.380 e. The molecule has 12 heteroatoms. The standard InChI is InChI=1S/C26H31F4N3O4S/c1-16(2)22(31-23(34)20-15-17(26(28,29)30)5-10-21(20)27)24(35)33-13-11-25(3,12-14-33)32-18-6-8-19(9-7-18)38(4,36)37/h5-10,15-16,22,32H,11-14H2,1-4H3,(H,31,34)/t22-/m1/s1. The average Bonchev–Trinajstić information content (AvgIpc) is 2.81. The minimum atomic E-state index is -4.75. The third-order valence-corrected chi connectivity index (χ3v) is 7.79. The highest BCUT2D eigenvalue weighted by Gasteiger charge is 2.37. The van der Waals surface area contributed by atoms with Crippen molar-refractivity contribution in [2.24, 2.45) is 5.92 Å². The maximum absolute atomic E-state index is 14.2. The van der Waals surface area contributed by atoms with Crippen molar-refractivity contribution in [1.29, 1.82) is 0 Å². The molecule has 0 spiro atoms. The van der Waals surface area contributed by atoms with E-state index in [1.54, 1.807) is 30.9 Å². The molecule has 7 nitrogen and oxygen atoms in total. The molecule has 0 aromatic heterocycles. The van der Waals surface area contributed by atoms with Crippen molar-refractivity contribution in [1.82, 2.24) is 10.2 Å². The van der Waals surface area contributed by atoms with Crippen molar-refractivity contribution in [3.8, 4) is 0 Å². The molecule has 1 heterocycles. The highest BCUT2D eigenvalue weighted by molar-refractivity contribution is 7.90. The number of rotatable bonds is 7. The van der Waals surface area contributed by atoms with Crippen molar-refractivity contribution in [3.05, 3.63) is 59.4 Å². The van der Waals surface area contributed by atoms with Gasteiger partial charge < -0.3 is 15.5 Å². The van der Waals surface area contributed by atoms with Gasteiger partial charge in [-0.3, -0.25) is 9.59 Å². The highest BCUT2D eigenvalue weighted by atomic mass is 32.2. The molecule has 0 bridgehead atoms.